The lowest BCUT2D eigenvalue weighted by Gasteiger charge is -2.39. The fourth-order valence-corrected chi connectivity index (χ4v) is 5.42. The maximum atomic E-state index is 11.3. The van der Waals surface area contributed by atoms with Crippen LogP contribution in [0, 0.1) is 11.8 Å². The van der Waals surface area contributed by atoms with E-state index in [9.17, 15) is 4.79 Å². The molecule has 0 spiro atoms. The first-order valence-electron chi connectivity index (χ1n) is 12.2. The number of benzene rings is 1. The summed E-state index contributed by atoms with van der Waals surface area (Å²) in [6.07, 6.45) is 14.2. The van der Waals surface area contributed by atoms with Crippen molar-refractivity contribution < 1.29 is 19.0 Å². The molecule has 0 amide bonds. The SMILES string of the molecule is CCCCCCOC[C@@H]1[C@@H](C/C=C\CCCC(=O)OC)[C@@]2(c3ccccc3)CO[C@@H]1C2. The Morgan fingerprint density at radius 1 is 1.16 bits per heavy atom. The fourth-order valence-electron chi connectivity index (χ4n) is 5.42. The number of allylic oxidation sites excluding steroid dienone is 2. The van der Waals surface area contributed by atoms with E-state index in [-0.39, 0.29) is 11.4 Å². The molecule has 4 atom stereocenters. The third-order valence-electron chi connectivity index (χ3n) is 7.16. The predicted molar refractivity (Wildman–Crippen MR) is 124 cm³/mol. The average molecular weight is 429 g/mol. The van der Waals surface area contributed by atoms with Crippen LogP contribution in [-0.4, -0.2) is 39.0 Å². The van der Waals surface area contributed by atoms with E-state index in [0.29, 0.717) is 24.4 Å². The zero-order chi connectivity index (χ0) is 21.9. The van der Waals surface area contributed by atoms with Crippen LogP contribution in [0.15, 0.2) is 42.5 Å². The maximum absolute atomic E-state index is 11.3. The summed E-state index contributed by atoms with van der Waals surface area (Å²) >= 11 is 0. The number of carbonyl (C=O) groups is 1. The Morgan fingerprint density at radius 3 is 2.77 bits per heavy atom. The van der Waals surface area contributed by atoms with Gasteiger partial charge in [-0.05, 0) is 43.6 Å². The van der Waals surface area contributed by atoms with Crippen LogP contribution in [0.4, 0.5) is 0 Å². The second kappa shape index (κ2) is 12.4. The normalized spacial score (nSPS) is 27.2. The van der Waals surface area contributed by atoms with Gasteiger partial charge >= 0.3 is 5.97 Å². The molecule has 0 aromatic heterocycles. The summed E-state index contributed by atoms with van der Waals surface area (Å²) in [5, 5.41) is 0. The van der Waals surface area contributed by atoms with Crippen LogP contribution in [-0.2, 0) is 24.4 Å². The smallest absolute Gasteiger partial charge is 0.305 e. The molecule has 1 heterocycles. The quantitative estimate of drug-likeness (QED) is 0.212. The highest BCUT2D eigenvalue weighted by molar-refractivity contribution is 5.69. The van der Waals surface area contributed by atoms with Gasteiger partial charge in [-0.1, -0.05) is 68.7 Å². The van der Waals surface area contributed by atoms with Gasteiger partial charge in [0.25, 0.3) is 0 Å². The van der Waals surface area contributed by atoms with Crippen molar-refractivity contribution in [3.63, 3.8) is 0 Å². The van der Waals surface area contributed by atoms with Gasteiger partial charge in [-0.3, -0.25) is 4.79 Å². The molecule has 0 N–H and O–H groups in total. The van der Waals surface area contributed by atoms with E-state index in [1.54, 1.807) is 0 Å². The van der Waals surface area contributed by atoms with Crippen molar-refractivity contribution >= 4 is 5.97 Å². The van der Waals surface area contributed by atoms with E-state index in [2.05, 4.69) is 49.4 Å². The predicted octanol–water partition coefficient (Wildman–Crippen LogP) is 5.85. The Hall–Kier alpha value is -1.65. The number of methoxy groups -OCH3 is 1. The van der Waals surface area contributed by atoms with Gasteiger partial charge in [-0.25, -0.2) is 0 Å². The minimum absolute atomic E-state index is 0.0958. The lowest BCUT2D eigenvalue weighted by Crippen LogP contribution is -2.41. The van der Waals surface area contributed by atoms with Crippen LogP contribution in [0.25, 0.3) is 0 Å². The number of fused-ring (bicyclic) bond motifs is 2. The van der Waals surface area contributed by atoms with Crippen LogP contribution in [0.3, 0.4) is 0 Å². The summed E-state index contributed by atoms with van der Waals surface area (Å²) in [4.78, 5) is 11.3. The fraction of sp³-hybridized carbons (Fsp3) is 0.667. The Bertz CT molecular complexity index is 686. The summed E-state index contributed by atoms with van der Waals surface area (Å²) in [6, 6.07) is 10.9. The summed E-state index contributed by atoms with van der Waals surface area (Å²) in [5.41, 5.74) is 1.51. The maximum Gasteiger partial charge on any atom is 0.305 e. The summed E-state index contributed by atoms with van der Waals surface area (Å²) in [6.45, 7) is 4.71. The molecule has 1 aromatic carbocycles. The number of unbranched alkanes of at least 4 members (excludes halogenated alkanes) is 4. The van der Waals surface area contributed by atoms with Crippen LogP contribution >= 0.6 is 0 Å². The number of esters is 1. The van der Waals surface area contributed by atoms with Crippen molar-refractivity contribution in [1.29, 1.82) is 0 Å². The second-order valence-corrected chi connectivity index (χ2v) is 9.16. The molecule has 1 aliphatic carbocycles. The van der Waals surface area contributed by atoms with Crippen molar-refractivity contribution in [3.05, 3.63) is 48.0 Å². The van der Waals surface area contributed by atoms with Crippen LogP contribution in [0.5, 0.6) is 0 Å². The van der Waals surface area contributed by atoms with Gasteiger partial charge in [-0.2, -0.15) is 0 Å². The summed E-state index contributed by atoms with van der Waals surface area (Å²) in [5.74, 6) is 0.846. The number of carbonyl (C=O) groups excluding carboxylic acids is 1. The minimum Gasteiger partial charge on any atom is -0.469 e. The van der Waals surface area contributed by atoms with Crippen LogP contribution in [0.2, 0.25) is 0 Å². The van der Waals surface area contributed by atoms with Crippen molar-refractivity contribution in [2.45, 2.75) is 76.2 Å². The lowest BCUT2D eigenvalue weighted by atomic mass is 9.69. The first kappa shape index (κ1) is 24.0. The Labute approximate surface area is 188 Å². The van der Waals surface area contributed by atoms with E-state index in [1.807, 2.05) is 0 Å². The second-order valence-electron chi connectivity index (χ2n) is 9.16. The molecule has 1 saturated carbocycles. The number of ether oxygens (including phenoxy) is 3. The van der Waals surface area contributed by atoms with Crippen LogP contribution in [0.1, 0.15) is 70.3 Å². The van der Waals surface area contributed by atoms with Crippen molar-refractivity contribution in [1.82, 2.24) is 0 Å². The molecule has 2 bridgehead atoms. The zero-order valence-corrected chi connectivity index (χ0v) is 19.4. The van der Waals surface area contributed by atoms with E-state index in [0.717, 1.165) is 51.9 Å². The monoisotopic (exact) mass is 428 g/mol. The molecule has 1 aliphatic heterocycles. The Morgan fingerprint density at radius 2 is 2.00 bits per heavy atom. The average Bonchev–Trinajstić information content (AvgIpc) is 3.37. The number of rotatable bonds is 14. The highest BCUT2D eigenvalue weighted by atomic mass is 16.5. The minimum atomic E-state index is -0.127. The van der Waals surface area contributed by atoms with Gasteiger partial charge in [0, 0.05) is 24.4 Å². The molecular weight excluding hydrogens is 388 g/mol. The summed E-state index contributed by atoms with van der Waals surface area (Å²) in [7, 11) is 1.45. The van der Waals surface area contributed by atoms with Crippen molar-refractivity contribution in [2.75, 3.05) is 26.9 Å². The molecule has 4 nitrogen and oxygen atoms in total. The molecule has 2 aliphatic rings. The molecule has 1 saturated heterocycles. The molecule has 0 radical (unpaired) electrons. The van der Waals surface area contributed by atoms with Gasteiger partial charge in [0.2, 0.25) is 0 Å². The highest BCUT2D eigenvalue weighted by Gasteiger charge is 2.58. The van der Waals surface area contributed by atoms with Crippen LogP contribution < -0.4 is 0 Å². The van der Waals surface area contributed by atoms with Gasteiger partial charge in [0.1, 0.15) is 0 Å². The lowest BCUT2D eigenvalue weighted by molar-refractivity contribution is -0.140. The topological polar surface area (TPSA) is 44.8 Å². The van der Waals surface area contributed by atoms with Crippen molar-refractivity contribution in [3.8, 4) is 0 Å². The van der Waals surface area contributed by atoms with Gasteiger partial charge in [0.05, 0.1) is 26.4 Å². The molecule has 3 rings (SSSR count). The number of hydrogen-bond donors (Lipinski definition) is 0. The summed E-state index contributed by atoms with van der Waals surface area (Å²) < 4.78 is 17.2. The first-order chi connectivity index (χ1) is 15.2. The highest BCUT2D eigenvalue weighted by Crippen LogP contribution is 2.56. The third kappa shape index (κ3) is 6.20. The first-order valence-corrected chi connectivity index (χ1v) is 12.2. The van der Waals surface area contributed by atoms with Gasteiger partial charge in [0.15, 0.2) is 0 Å². The molecule has 172 valence electrons. The van der Waals surface area contributed by atoms with E-state index in [1.165, 1.54) is 31.9 Å². The molecular formula is C27H40O4. The molecule has 31 heavy (non-hydrogen) atoms. The molecule has 1 aromatic rings. The number of hydrogen-bond acceptors (Lipinski definition) is 4. The van der Waals surface area contributed by atoms with Gasteiger partial charge in [-0.15, -0.1) is 0 Å². The molecule has 4 heteroatoms. The van der Waals surface area contributed by atoms with Gasteiger partial charge < -0.3 is 14.2 Å². The molecule has 0 unspecified atom stereocenters. The Kier molecular flexibility index (Phi) is 9.60. The molecule has 2 fully saturated rings. The standard InChI is InChI=1S/C27H40O4/c1-3-4-5-13-18-30-20-23-24(16-11-6-7-12-17-26(28)29-2)27(19-25(23)31-21-27)22-14-9-8-10-15-22/h6,8-11,14-15,23-25H,3-5,7,12-13,16-21H2,1-2H3/b11-6-/t23-,24-,25-,27-/m1/s1. The van der Waals surface area contributed by atoms with E-state index < -0.39 is 0 Å². The largest absolute Gasteiger partial charge is 0.469 e. The van der Waals surface area contributed by atoms with Crippen molar-refractivity contribution in [2.24, 2.45) is 11.8 Å². The third-order valence-corrected chi connectivity index (χ3v) is 7.16. The van der Waals surface area contributed by atoms with E-state index in [4.69, 9.17) is 14.2 Å². The van der Waals surface area contributed by atoms with E-state index >= 15 is 0 Å². The zero-order valence-electron chi connectivity index (χ0n) is 19.4. The Balaban J connectivity index is 1.60.